The molecule has 2 bridgehead atoms. The summed E-state index contributed by atoms with van der Waals surface area (Å²) in [5, 5.41) is 13.4. The Morgan fingerprint density at radius 1 is 1.20 bits per heavy atom. The van der Waals surface area contributed by atoms with E-state index >= 15 is 4.39 Å². The molecule has 1 aromatic carbocycles. The van der Waals surface area contributed by atoms with Gasteiger partial charge >= 0.3 is 5.92 Å². The molecule has 2 heterocycles. The fourth-order valence-electron chi connectivity index (χ4n) is 5.36. The van der Waals surface area contributed by atoms with E-state index < -0.39 is 40.2 Å². The Hall–Kier alpha value is -3.01. The molecule has 6 nitrogen and oxygen atoms in total. The first-order valence-corrected chi connectivity index (χ1v) is 11.4. The molecule has 3 aliphatic carbocycles. The van der Waals surface area contributed by atoms with Crippen LogP contribution in [0.1, 0.15) is 62.8 Å². The largest absolute Gasteiger partial charge is 0.384 e. The van der Waals surface area contributed by atoms with Gasteiger partial charge in [0, 0.05) is 36.6 Å². The van der Waals surface area contributed by atoms with Gasteiger partial charge < -0.3 is 15.0 Å². The number of alkyl halides is 3. The van der Waals surface area contributed by atoms with E-state index in [-0.39, 0.29) is 30.4 Å². The molecule has 0 amide bonds. The fourth-order valence-corrected chi connectivity index (χ4v) is 5.36. The Balaban J connectivity index is 1.54. The van der Waals surface area contributed by atoms with Crippen LogP contribution in [0.3, 0.4) is 0 Å². The van der Waals surface area contributed by atoms with Gasteiger partial charge in [0.05, 0.1) is 28.0 Å². The van der Waals surface area contributed by atoms with Crippen LogP contribution in [0, 0.1) is 12.7 Å². The zero-order valence-electron chi connectivity index (χ0n) is 19.8. The van der Waals surface area contributed by atoms with Gasteiger partial charge in [-0.3, -0.25) is 4.79 Å². The van der Waals surface area contributed by atoms with Gasteiger partial charge in [0.25, 0.3) is 5.56 Å². The number of anilines is 1. The predicted octanol–water partition coefficient (Wildman–Crippen LogP) is 4.88. The molecule has 3 aliphatic rings. The van der Waals surface area contributed by atoms with Gasteiger partial charge in [0.15, 0.2) is 0 Å². The van der Waals surface area contributed by atoms with Gasteiger partial charge in [-0.25, -0.2) is 18.7 Å². The molecule has 3 saturated carbocycles. The van der Waals surface area contributed by atoms with E-state index in [0.29, 0.717) is 22.3 Å². The van der Waals surface area contributed by atoms with Gasteiger partial charge in [-0.05, 0) is 33.8 Å². The number of rotatable bonds is 6. The third-order valence-electron chi connectivity index (χ3n) is 7.44. The Bertz CT molecular complexity index is 1390. The lowest BCUT2D eigenvalue weighted by Gasteiger charge is -2.66. The van der Waals surface area contributed by atoms with Crippen LogP contribution in [0.15, 0.2) is 35.5 Å². The van der Waals surface area contributed by atoms with Gasteiger partial charge in [0.2, 0.25) is 0 Å². The molecular weight excluding hydrogens is 464 g/mol. The normalized spacial score (nSPS) is 24.6. The highest BCUT2D eigenvalue weighted by Crippen LogP contribution is 2.67. The Morgan fingerprint density at radius 3 is 2.46 bits per heavy atom. The van der Waals surface area contributed by atoms with Crippen LogP contribution < -0.4 is 10.9 Å². The number of benzene rings is 1. The van der Waals surface area contributed by atoms with E-state index in [4.69, 9.17) is 0 Å². The minimum atomic E-state index is -3.82. The third-order valence-corrected chi connectivity index (χ3v) is 7.44. The van der Waals surface area contributed by atoms with E-state index in [9.17, 15) is 23.1 Å². The number of aromatic nitrogens is 3. The summed E-state index contributed by atoms with van der Waals surface area (Å²) in [6.45, 7) is 5.08. The van der Waals surface area contributed by atoms with Gasteiger partial charge in [-0.1, -0.05) is 12.1 Å². The van der Waals surface area contributed by atoms with Crippen LogP contribution in [-0.4, -0.2) is 30.9 Å². The van der Waals surface area contributed by atoms with E-state index in [1.54, 1.807) is 24.6 Å². The molecule has 35 heavy (non-hydrogen) atoms. The molecule has 2 N–H and O–H groups in total. The highest BCUT2D eigenvalue weighted by atomic mass is 19.3. The first kappa shape index (κ1) is 23.7. The number of fused-ring (bicyclic) bond motifs is 1. The SMILES string of the molecule is Cc1c(=O)n(C23CC(F)(C2)C3)cc2c(N[C@@H](C)c3cccc(C(F)(F)C(C)(C)O)c3F)ncnc12. The summed E-state index contributed by atoms with van der Waals surface area (Å²) >= 11 is 0. The van der Waals surface area contributed by atoms with E-state index in [0.717, 1.165) is 19.9 Å². The van der Waals surface area contributed by atoms with Crippen LogP contribution in [0.5, 0.6) is 0 Å². The monoisotopic (exact) mass is 490 g/mol. The predicted molar refractivity (Wildman–Crippen MR) is 123 cm³/mol. The minimum absolute atomic E-state index is 0.0398. The standard InChI is InChI=1S/C25H26F4N4O2/c1-13-19-16(8-33(21(13)34)24-9-23(27,10-24)11-24)20(31-12-30-19)32-14(2)15-6-5-7-17(18(15)26)25(28,29)22(3,4)35/h5-8,12,14,35H,9-11H2,1-4H3,(H,30,31,32)/t14-,23?,24?/m0/s1. The van der Waals surface area contributed by atoms with Crippen molar-refractivity contribution in [3.63, 3.8) is 0 Å². The molecule has 3 aromatic rings. The zero-order chi connectivity index (χ0) is 25.6. The Labute approximate surface area is 199 Å². The molecule has 0 saturated heterocycles. The van der Waals surface area contributed by atoms with Crippen LogP contribution >= 0.6 is 0 Å². The van der Waals surface area contributed by atoms with Crippen LogP contribution in [-0.2, 0) is 11.5 Å². The molecule has 2 aromatic heterocycles. The Kier molecular flexibility index (Phi) is 4.92. The summed E-state index contributed by atoms with van der Waals surface area (Å²) in [5.41, 5.74) is -4.61. The summed E-state index contributed by atoms with van der Waals surface area (Å²) in [5.74, 6) is -4.66. The lowest BCUT2D eigenvalue weighted by molar-refractivity contribution is -0.199. The summed E-state index contributed by atoms with van der Waals surface area (Å²) < 4.78 is 60.4. The number of aliphatic hydroxyl groups is 1. The second-order valence-corrected chi connectivity index (χ2v) is 10.5. The molecule has 3 fully saturated rings. The van der Waals surface area contributed by atoms with Crippen molar-refractivity contribution in [1.29, 1.82) is 0 Å². The number of halogens is 4. The average Bonchev–Trinajstić information content (AvgIpc) is 2.73. The number of pyridine rings is 1. The minimum Gasteiger partial charge on any atom is -0.384 e. The van der Waals surface area contributed by atoms with Gasteiger partial charge in [-0.15, -0.1) is 0 Å². The molecule has 186 valence electrons. The van der Waals surface area contributed by atoms with E-state index in [1.165, 1.54) is 18.5 Å². The summed E-state index contributed by atoms with van der Waals surface area (Å²) in [6, 6.07) is 2.84. The molecule has 6 rings (SSSR count). The maximum Gasteiger partial charge on any atom is 0.303 e. The van der Waals surface area contributed by atoms with Crippen molar-refractivity contribution in [2.24, 2.45) is 0 Å². The molecule has 0 unspecified atom stereocenters. The summed E-state index contributed by atoms with van der Waals surface area (Å²) in [6.07, 6.45) is 3.72. The fraction of sp³-hybridized carbons (Fsp3) is 0.480. The second-order valence-electron chi connectivity index (χ2n) is 10.5. The van der Waals surface area contributed by atoms with Gasteiger partial charge in [0.1, 0.15) is 29.2 Å². The molecule has 0 aliphatic heterocycles. The van der Waals surface area contributed by atoms with E-state index in [1.807, 2.05) is 0 Å². The zero-order valence-corrected chi connectivity index (χ0v) is 19.8. The number of hydrogen-bond donors (Lipinski definition) is 2. The van der Waals surface area contributed by atoms with Crippen molar-refractivity contribution in [1.82, 2.24) is 14.5 Å². The first-order valence-electron chi connectivity index (χ1n) is 11.4. The molecule has 0 spiro atoms. The number of nitrogens with one attached hydrogen (secondary N) is 1. The van der Waals surface area contributed by atoms with Crippen molar-refractivity contribution in [2.75, 3.05) is 5.32 Å². The quantitative estimate of drug-likeness (QED) is 0.482. The topological polar surface area (TPSA) is 80.0 Å². The van der Waals surface area contributed by atoms with Crippen LogP contribution in [0.25, 0.3) is 10.9 Å². The van der Waals surface area contributed by atoms with Crippen molar-refractivity contribution in [3.8, 4) is 0 Å². The summed E-state index contributed by atoms with van der Waals surface area (Å²) in [7, 11) is 0. The van der Waals surface area contributed by atoms with Crippen LogP contribution in [0.4, 0.5) is 23.4 Å². The second kappa shape index (κ2) is 7.25. The summed E-state index contributed by atoms with van der Waals surface area (Å²) in [4.78, 5) is 21.5. The molecule has 0 radical (unpaired) electrons. The van der Waals surface area contributed by atoms with Crippen molar-refractivity contribution in [2.45, 2.75) is 75.7 Å². The first-order chi connectivity index (χ1) is 16.2. The smallest absolute Gasteiger partial charge is 0.303 e. The van der Waals surface area contributed by atoms with E-state index in [2.05, 4.69) is 15.3 Å². The molecule has 1 atom stereocenters. The average molecular weight is 491 g/mol. The molecular formula is C25H26F4N4O2. The molecule has 10 heteroatoms. The Morgan fingerprint density at radius 2 is 1.86 bits per heavy atom. The van der Waals surface area contributed by atoms with Crippen molar-refractivity contribution >= 4 is 16.7 Å². The van der Waals surface area contributed by atoms with Crippen LogP contribution in [0.2, 0.25) is 0 Å². The number of aryl methyl sites for hydroxylation is 1. The lowest BCUT2D eigenvalue weighted by atomic mass is 9.47. The lowest BCUT2D eigenvalue weighted by Crippen LogP contribution is -2.71. The van der Waals surface area contributed by atoms with Crippen molar-refractivity contribution in [3.05, 3.63) is 63.6 Å². The highest BCUT2D eigenvalue weighted by molar-refractivity contribution is 5.90. The maximum absolute atomic E-state index is 15.3. The highest BCUT2D eigenvalue weighted by Gasteiger charge is 2.70. The third kappa shape index (κ3) is 3.36. The maximum atomic E-state index is 15.3. The van der Waals surface area contributed by atoms with Crippen molar-refractivity contribution < 1.29 is 22.7 Å². The van der Waals surface area contributed by atoms with Gasteiger partial charge in [-0.2, -0.15) is 8.78 Å². The number of nitrogens with zero attached hydrogens (tertiary/aromatic N) is 3. The number of hydrogen-bond acceptors (Lipinski definition) is 5.